The van der Waals surface area contributed by atoms with Crippen molar-refractivity contribution >= 4 is 27.5 Å². The van der Waals surface area contributed by atoms with Crippen LogP contribution in [0, 0.1) is 6.92 Å². The number of methoxy groups -OCH3 is 1. The number of amides is 2. The Labute approximate surface area is 233 Å². The maximum Gasteiger partial charge on any atom is 0.243 e. The molecule has 2 amide bonds. The third kappa shape index (κ3) is 8.98. The van der Waals surface area contributed by atoms with Crippen molar-refractivity contribution in [1.82, 2.24) is 10.2 Å². The summed E-state index contributed by atoms with van der Waals surface area (Å²) < 4.78 is 31.6. The highest BCUT2D eigenvalue weighted by atomic mass is 32.2. The van der Waals surface area contributed by atoms with E-state index in [9.17, 15) is 18.0 Å². The minimum atomic E-state index is -3.56. The van der Waals surface area contributed by atoms with Crippen molar-refractivity contribution in [1.29, 1.82) is 0 Å². The summed E-state index contributed by atoms with van der Waals surface area (Å²) in [4.78, 5) is 28.7. The first kappa shape index (κ1) is 30.5. The van der Waals surface area contributed by atoms with Gasteiger partial charge in [0.15, 0.2) is 0 Å². The van der Waals surface area contributed by atoms with E-state index in [1.54, 1.807) is 36.3 Å². The van der Waals surface area contributed by atoms with Gasteiger partial charge in [-0.1, -0.05) is 56.0 Å². The van der Waals surface area contributed by atoms with Crippen molar-refractivity contribution < 1.29 is 22.7 Å². The number of carbonyl (C=O) groups excluding carboxylic acids is 2. The van der Waals surface area contributed by atoms with Crippen LogP contribution in [-0.2, 0) is 26.2 Å². The smallest absolute Gasteiger partial charge is 0.243 e. The predicted octanol–water partition coefficient (Wildman–Crippen LogP) is 4.81. The van der Waals surface area contributed by atoms with Gasteiger partial charge in [0, 0.05) is 25.6 Å². The molecule has 9 heteroatoms. The fourth-order valence-electron chi connectivity index (χ4n) is 5.22. The Morgan fingerprint density at radius 1 is 1.08 bits per heavy atom. The Morgan fingerprint density at radius 3 is 2.36 bits per heavy atom. The van der Waals surface area contributed by atoms with Gasteiger partial charge in [-0.15, -0.1) is 0 Å². The highest BCUT2D eigenvalue weighted by molar-refractivity contribution is 7.92. The van der Waals surface area contributed by atoms with Crippen LogP contribution in [0.3, 0.4) is 0 Å². The van der Waals surface area contributed by atoms with Crippen LogP contribution in [0.4, 0.5) is 5.69 Å². The van der Waals surface area contributed by atoms with Gasteiger partial charge in [0.05, 0.1) is 19.1 Å². The minimum absolute atomic E-state index is 0.110. The molecule has 1 atom stereocenters. The molecule has 8 nitrogen and oxygen atoms in total. The summed E-state index contributed by atoms with van der Waals surface area (Å²) >= 11 is 0. The van der Waals surface area contributed by atoms with Crippen LogP contribution in [0.2, 0.25) is 0 Å². The summed E-state index contributed by atoms with van der Waals surface area (Å²) in [7, 11) is -2.00. The first-order chi connectivity index (χ1) is 18.6. The van der Waals surface area contributed by atoms with Crippen LogP contribution in [0.15, 0.2) is 48.5 Å². The van der Waals surface area contributed by atoms with Crippen LogP contribution in [0.5, 0.6) is 5.75 Å². The summed E-state index contributed by atoms with van der Waals surface area (Å²) in [6.45, 7) is 4.41. The number of rotatable bonds is 13. The highest BCUT2D eigenvalue weighted by Crippen LogP contribution is 2.23. The largest absolute Gasteiger partial charge is 0.497 e. The molecule has 0 bridgehead atoms. The second-order valence-electron chi connectivity index (χ2n) is 10.4. The second kappa shape index (κ2) is 14.4. The Balaban J connectivity index is 1.75. The number of nitrogens with one attached hydrogen (secondary N) is 1. The third-order valence-electron chi connectivity index (χ3n) is 7.29. The average molecular weight is 558 g/mol. The van der Waals surface area contributed by atoms with Crippen LogP contribution < -0.4 is 14.4 Å². The molecule has 3 rings (SSSR count). The van der Waals surface area contributed by atoms with Crippen molar-refractivity contribution in [2.24, 2.45) is 0 Å². The summed E-state index contributed by atoms with van der Waals surface area (Å²) in [5.74, 6) is 0.359. The molecule has 0 aliphatic heterocycles. The molecule has 214 valence electrons. The molecule has 0 aromatic heterocycles. The molecule has 0 radical (unpaired) electrons. The number of benzene rings is 2. The number of anilines is 1. The molecule has 39 heavy (non-hydrogen) atoms. The van der Waals surface area contributed by atoms with Gasteiger partial charge in [-0.2, -0.15) is 0 Å². The quantitative estimate of drug-likeness (QED) is 0.382. The van der Waals surface area contributed by atoms with Gasteiger partial charge in [-0.25, -0.2) is 8.42 Å². The van der Waals surface area contributed by atoms with E-state index in [1.165, 1.54) is 10.7 Å². The molecule has 1 fully saturated rings. The van der Waals surface area contributed by atoms with Crippen molar-refractivity contribution in [2.75, 3.05) is 24.2 Å². The molecule has 0 saturated heterocycles. The molecular weight excluding hydrogens is 514 g/mol. The maximum atomic E-state index is 13.6. The van der Waals surface area contributed by atoms with E-state index in [1.807, 2.05) is 38.1 Å². The number of hydrogen-bond donors (Lipinski definition) is 1. The minimum Gasteiger partial charge on any atom is -0.497 e. The van der Waals surface area contributed by atoms with Crippen LogP contribution in [-0.4, -0.2) is 57.1 Å². The second-order valence-corrected chi connectivity index (χ2v) is 12.3. The summed E-state index contributed by atoms with van der Waals surface area (Å²) in [5.41, 5.74) is 2.56. The SMILES string of the molecule is CC[C@@H](C(=O)NC1CCCCC1)N(Cc1cccc(C)c1)C(=O)CCCN(c1ccc(OC)cc1)S(C)(=O)=O. The van der Waals surface area contributed by atoms with Gasteiger partial charge in [0.25, 0.3) is 0 Å². The lowest BCUT2D eigenvalue weighted by Crippen LogP contribution is -2.51. The average Bonchev–Trinajstić information content (AvgIpc) is 2.91. The maximum absolute atomic E-state index is 13.6. The number of hydrogen-bond acceptors (Lipinski definition) is 5. The van der Waals surface area contributed by atoms with Crippen molar-refractivity contribution in [3.05, 3.63) is 59.7 Å². The molecule has 2 aromatic rings. The predicted molar refractivity (Wildman–Crippen MR) is 155 cm³/mol. The zero-order chi connectivity index (χ0) is 28.4. The van der Waals surface area contributed by atoms with Crippen LogP contribution in [0.25, 0.3) is 0 Å². The number of ether oxygens (including phenoxy) is 1. The van der Waals surface area contributed by atoms with E-state index in [2.05, 4.69) is 5.32 Å². The standard InChI is InChI=1S/C30H43N3O5S/c1-5-28(30(35)31-25-13-7-6-8-14-25)32(22-24-12-9-11-23(2)21-24)29(34)15-10-20-33(39(4,36)37)26-16-18-27(38-3)19-17-26/h9,11-12,16-19,21,25,28H,5-8,10,13-15,20,22H2,1-4H3,(H,31,35)/t28-/m0/s1. The Hall–Kier alpha value is -3.07. The van der Waals surface area contributed by atoms with Crippen molar-refractivity contribution in [2.45, 2.75) is 83.8 Å². The van der Waals surface area contributed by atoms with Crippen LogP contribution in [0.1, 0.15) is 69.4 Å². The molecule has 1 aliphatic rings. The van der Waals surface area contributed by atoms with Gasteiger partial charge < -0.3 is 15.0 Å². The lowest BCUT2D eigenvalue weighted by Gasteiger charge is -2.33. The zero-order valence-electron chi connectivity index (χ0n) is 23.7. The van der Waals surface area contributed by atoms with E-state index in [0.29, 0.717) is 30.8 Å². The fourth-order valence-corrected chi connectivity index (χ4v) is 6.19. The van der Waals surface area contributed by atoms with E-state index < -0.39 is 16.1 Å². The molecular formula is C30H43N3O5S. The molecule has 1 saturated carbocycles. The normalized spacial score (nSPS) is 14.9. The molecule has 1 N–H and O–H groups in total. The van der Waals surface area contributed by atoms with Gasteiger partial charge in [0.1, 0.15) is 11.8 Å². The van der Waals surface area contributed by atoms with Crippen molar-refractivity contribution in [3.8, 4) is 5.75 Å². The lowest BCUT2D eigenvalue weighted by molar-refractivity contribution is -0.141. The van der Waals surface area contributed by atoms with Gasteiger partial charge in [-0.05, 0) is 62.4 Å². The third-order valence-corrected chi connectivity index (χ3v) is 8.48. The Morgan fingerprint density at radius 2 is 1.77 bits per heavy atom. The summed E-state index contributed by atoms with van der Waals surface area (Å²) in [5, 5.41) is 3.20. The highest BCUT2D eigenvalue weighted by Gasteiger charge is 2.30. The van der Waals surface area contributed by atoms with Gasteiger partial charge in [0.2, 0.25) is 21.8 Å². The number of aryl methyl sites for hydroxylation is 1. The van der Waals surface area contributed by atoms with E-state index in [-0.39, 0.29) is 30.8 Å². The Bertz CT molecular complexity index is 1190. The van der Waals surface area contributed by atoms with Gasteiger partial charge in [-0.3, -0.25) is 13.9 Å². The molecule has 0 heterocycles. The molecule has 0 unspecified atom stereocenters. The summed E-state index contributed by atoms with van der Waals surface area (Å²) in [6.07, 6.45) is 7.47. The molecule has 1 aliphatic carbocycles. The van der Waals surface area contributed by atoms with E-state index in [4.69, 9.17) is 4.74 Å². The number of carbonyl (C=O) groups is 2. The van der Waals surface area contributed by atoms with E-state index >= 15 is 0 Å². The van der Waals surface area contributed by atoms with Gasteiger partial charge >= 0.3 is 0 Å². The summed E-state index contributed by atoms with van der Waals surface area (Å²) in [6, 6.07) is 14.3. The van der Waals surface area contributed by atoms with Crippen molar-refractivity contribution in [3.63, 3.8) is 0 Å². The lowest BCUT2D eigenvalue weighted by atomic mass is 9.95. The first-order valence-corrected chi connectivity index (χ1v) is 15.7. The molecule has 0 spiro atoms. The number of sulfonamides is 1. The monoisotopic (exact) mass is 557 g/mol. The number of nitrogens with zero attached hydrogens (tertiary/aromatic N) is 2. The topological polar surface area (TPSA) is 96.0 Å². The van der Waals surface area contributed by atoms with Crippen LogP contribution >= 0.6 is 0 Å². The first-order valence-electron chi connectivity index (χ1n) is 13.9. The fraction of sp³-hybridized carbons (Fsp3) is 0.533. The Kier molecular flexibility index (Phi) is 11.2. The zero-order valence-corrected chi connectivity index (χ0v) is 24.5. The van der Waals surface area contributed by atoms with E-state index in [0.717, 1.165) is 43.1 Å². The molecule has 2 aromatic carbocycles.